The molecule has 0 aliphatic heterocycles. The van der Waals surface area contributed by atoms with Crippen molar-refractivity contribution in [3.63, 3.8) is 0 Å². The van der Waals surface area contributed by atoms with Crippen molar-refractivity contribution >= 4 is 17.7 Å². The number of amides is 1. The van der Waals surface area contributed by atoms with Gasteiger partial charge in [0, 0.05) is 13.1 Å². The zero-order valence-corrected chi connectivity index (χ0v) is 15.7. The predicted octanol–water partition coefficient (Wildman–Crippen LogP) is 3.45. The minimum Gasteiger partial charge on any atom is -0.342 e. The van der Waals surface area contributed by atoms with E-state index in [-0.39, 0.29) is 11.2 Å². The highest BCUT2D eigenvalue weighted by atomic mass is 32.2. The summed E-state index contributed by atoms with van der Waals surface area (Å²) in [6.07, 6.45) is 12.1. The highest BCUT2D eigenvalue weighted by Crippen LogP contribution is 2.32. The van der Waals surface area contributed by atoms with Crippen molar-refractivity contribution in [1.29, 1.82) is 0 Å². The maximum Gasteiger partial charge on any atom is 0.235 e. The van der Waals surface area contributed by atoms with Gasteiger partial charge in [-0.1, -0.05) is 50.3 Å². The summed E-state index contributed by atoms with van der Waals surface area (Å²) in [7, 11) is 1.96. The first kappa shape index (κ1) is 17.7. The summed E-state index contributed by atoms with van der Waals surface area (Å²) in [6.45, 7) is 1.98. The Labute approximate surface area is 148 Å². The molecule has 2 saturated carbocycles. The van der Waals surface area contributed by atoms with Crippen LogP contribution in [0.4, 0.5) is 0 Å². The lowest BCUT2D eigenvalue weighted by atomic mass is 9.94. The molecule has 1 aromatic rings. The normalized spacial score (nSPS) is 21.6. The number of aromatic nitrogens is 4. The maximum absolute atomic E-state index is 12.8. The molecule has 1 amide bonds. The molecule has 0 aromatic carbocycles. The lowest BCUT2D eigenvalue weighted by molar-refractivity contribution is -0.131. The summed E-state index contributed by atoms with van der Waals surface area (Å²) in [5, 5.41) is 12.9. The molecular weight excluding hydrogens is 322 g/mol. The first-order valence-corrected chi connectivity index (χ1v) is 10.3. The molecule has 134 valence electrons. The van der Waals surface area contributed by atoms with Crippen LogP contribution in [0, 0.1) is 0 Å². The molecule has 1 unspecified atom stereocenters. The highest BCUT2D eigenvalue weighted by Gasteiger charge is 2.28. The molecule has 1 heterocycles. The molecule has 0 spiro atoms. The van der Waals surface area contributed by atoms with Gasteiger partial charge in [-0.25, -0.2) is 4.68 Å². The summed E-state index contributed by atoms with van der Waals surface area (Å²) < 4.78 is 1.95. The number of thioether (sulfide) groups is 1. The van der Waals surface area contributed by atoms with E-state index in [2.05, 4.69) is 15.5 Å². The maximum atomic E-state index is 12.8. The van der Waals surface area contributed by atoms with Gasteiger partial charge in [0.15, 0.2) is 0 Å². The van der Waals surface area contributed by atoms with E-state index < -0.39 is 0 Å². The predicted molar refractivity (Wildman–Crippen MR) is 94.9 cm³/mol. The van der Waals surface area contributed by atoms with Gasteiger partial charge in [0.25, 0.3) is 0 Å². The SMILES string of the molecule is CC(Sc1nnnn1C1CCCCC1)C(=O)N(C)C1CCCCC1. The van der Waals surface area contributed by atoms with Crippen LogP contribution in [0.2, 0.25) is 0 Å². The Morgan fingerprint density at radius 2 is 1.75 bits per heavy atom. The Balaban J connectivity index is 1.60. The second-order valence-corrected chi connectivity index (χ2v) is 8.51. The molecule has 0 radical (unpaired) electrons. The monoisotopic (exact) mass is 351 g/mol. The molecule has 6 nitrogen and oxygen atoms in total. The summed E-state index contributed by atoms with van der Waals surface area (Å²) in [6, 6.07) is 0.804. The number of hydrogen-bond acceptors (Lipinski definition) is 5. The molecule has 2 aliphatic carbocycles. The van der Waals surface area contributed by atoms with E-state index in [0.717, 1.165) is 30.8 Å². The second-order valence-electron chi connectivity index (χ2n) is 7.20. The van der Waals surface area contributed by atoms with E-state index in [4.69, 9.17) is 0 Å². The Hall–Kier alpha value is -1.11. The molecule has 0 bridgehead atoms. The van der Waals surface area contributed by atoms with Crippen LogP contribution in [-0.2, 0) is 4.79 Å². The molecule has 1 aromatic heterocycles. The van der Waals surface area contributed by atoms with Crippen LogP contribution in [0.25, 0.3) is 0 Å². The van der Waals surface area contributed by atoms with E-state index >= 15 is 0 Å². The minimum atomic E-state index is -0.148. The van der Waals surface area contributed by atoms with Crippen molar-refractivity contribution in [2.45, 2.75) is 93.6 Å². The molecular formula is C17H29N5OS. The Kier molecular flexibility index (Phi) is 6.14. The lowest BCUT2D eigenvalue weighted by Gasteiger charge is -2.32. The lowest BCUT2D eigenvalue weighted by Crippen LogP contribution is -2.42. The zero-order chi connectivity index (χ0) is 16.9. The van der Waals surface area contributed by atoms with Gasteiger partial charge in [0.05, 0.1) is 11.3 Å². The number of tetrazole rings is 1. The van der Waals surface area contributed by atoms with Crippen molar-refractivity contribution in [3.05, 3.63) is 0 Å². The van der Waals surface area contributed by atoms with Crippen LogP contribution in [0.15, 0.2) is 5.16 Å². The van der Waals surface area contributed by atoms with Gasteiger partial charge in [-0.05, 0) is 43.0 Å². The number of carbonyl (C=O) groups excluding carboxylic acids is 1. The van der Waals surface area contributed by atoms with E-state index in [1.807, 2.05) is 23.6 Å². The van der Waals surface area contributed by atoms with Crippen LogP contribution in [-0.4, -0.2) is 49.4 Å². The van der Waals surface area contributed by atoms with Gasteiger partial charge in [-0.15, -0.1) is 5.10 Å². The van der Waals surface area contributed by atoms with Crippen molar-refractivity contribution < 1.29 is 4.79 Å². The smallest absolute Gasteiger partial charge is 0.235 e. The van der Waals surface area contributed by atoms with Gasteiger partial charge < -0.3 is 4.90 Å². The summed E-state index contributed by atoms with van der Waals surface area (Å²) in [5.41, 5.74) is 0. The van der Waals surface area contributed by atoms with E-state index in [9.17, 15) is 4.79 Å². The highest BCUT2D eigenvalue weighted by molar-refractivity contribution is 8.00. The molecule has 2 fully saturated rings. The fourth-order valence-electron chi connectivity index (χ4n) is 3.96. The molecule has 2 aliphatic rings. The second kappa shape index (κ2) is 8.32. The van der Waals surface area contributed by atoms with Gasteiger partial charge in [-0.2, -0.15) is 0 Å². The molecule has 1 atom stereocenters. The Morgan fingerprint density at radius 3 is 2.42 bits per heavy atom. The van der Waals surface area contributed by atoms with Gasteiger partial charge >= 0.3 is 0 Å². The third kappa shape index (κ3) is 4.10. The number of nitrogens with zero attached hydrogens (tertiary/aromatic N) is 5. The topological polar surface area (TPSA) is 63.9 Å². The number of hydrogen-bond donors (Lipinski definition) is 0. The van der Waals surface area contributed by atoms with Gasteiger partial charge in [0.1, 0.15) is 0 Å². The quantitative estimate of drug-likeness (QED) is 0.760. The third-order valence-electron chi connectivity index (χ3n) is 5.48. The summed E-state index contributed by atoms with van der Waals surface area (Å²) in [4.78, 5) is 14.7. The standard InChI is InChI=1S/C17H29N5OS/c1-13(16(23)21(2)14-9-5-3-6-10-14)24-17-18-19-20-22(17)15-11-7-4-8-12-15/h13-15H,3-12H2,1-2H3. The summed E-state index contributed by atoms with van der Waals surface area (Å²) in [5.74, 6) is 0.199. The van der Waals surface area contributed by atoms with Crippen LogP contribution >= 0.6 is 11.8 Å². The zero-order valence-electron chi connectivity index (χ0n) is 14.9. The third-order valence-corrected chi connectivity index (χ3v) is 6.52. The van der Waals surface area contributed by atoms with E-state index in [1.165, 1.54) is 50.3 Å². The van der Waals surface area contributed by atoms with Gasteiger partial charge in [0.2, 0.25) is 11.1 Å². The molecule has 24 heavy (non-hydrogen) atoms. The fourth-order valence-corrected chi connectivity index (χ4v) is 4.92. The van der Waals surface area contributed by atoms with Crippen molar-refractivity contribution in [2.75, 3.05) is 7.05 Å². The average molecular weight is 352 g/mol. The van der Waals surface area contributed by atoms with Crippen LogP contribution < -0.4 is 0 Å². The van der Waals surface area contributed by atoms with Crippen LogP contribution in [0.5, 0.6) is 0 Å². The van der Waals surface area contributed by atoms with E-state index in [0.29, 0.717) is 12.1 Å². The minimum absolute atomic E-state index is 0.148. The van der Waals surface area contributed by atoms with E-state index in [1.54, 1.807) is 0 Å². The first-order valence-electron chi connectivity index (χ1n) is 9.38. The molecule has 7 heteroatoms. The van der Waals surface area contributed by atoms with Crippen molar-refractivity contribution in [2.24, 2.45) is 0 Å². The van der Waals surface area contributed by atoms with Crippen molar-refractivity contribution in [1.82, 2.24) is 25.1 Å². The van der Waals surface area contributed by atoms with Crippen LogP contribution in [0.3, 0.4) is 0 Å². The fraction of sp³-hybridized carbons (Fsp3) is 0.882. The Morgan fingerprint density at radius 1 is 1.12 bits per heavy atom. The average Bonchev–Trinajstić information content (AvgIpc) is 3.10. The summed E-state index contributed by atoms with van der Waals surface area (Å²) >= 11 is 1.51. The molecule has 3 rings (SSSR count). The van der Waals surface area contributed by atoms with Gasteiger partial charge in [-0.3, -0.25) is 4.79 Å². The largest absolute Gasteiger partial charge is 0.342 e. The molecule has 0 N–H and O–H groups in total. The van der Waals surface area contributed by atoms with Crippen molar-refractivity contribution in [3.8, 4) is 0 Å². The first-order chi connectivity index (χ1) is 11.7. The van der Waals surface area contributed by atoms with Crippen LogP contribution in [0.1, 0.15) is 77.2 Å². The molecule has 0 saturated heterocycles. The number of rotatable bonds is 5. The number of carbonyl (C=O) groups is 1. The Bertz CT molecular complexity index is 537.